The Balaban J connectivity index is 2.75. The number of nitrogens with zero attached hydrogens (tertiary/aromatic N) is 2. The zero-order valence-electron chi connectivity index (χ0n) is 14.0. The van der Waals surface area contributed by atoms with Crippen LogP contribution in [0.4, 0.5) is 0 Å². The smallest absolute Gasteiger partial charge is 0.119 e. The first-order valence-electron chi connectivity index (χ1n) is 7.93. The molecule has 0 aliphatic rings. The van der Waals surface area contributed by atoms with Gasteiger partial charge in [0.1, 0.15) is 5.75 Å². The number of likely N-dealkylation sites (N-methyl/N-ethyl adjacent to an activating group) is 1. The SMILES string of the molecule is CCOc1cccc(C(CN)N(CC)CCCN(C)C)c1. The summed E-state index contributed by atoms with van der Waals surface area (Å²) in [5.41, 5.74) is 7.29. The number of rotatable bonds is 10. The Morgan fingerprint density at radius 2 is 1.95 bits per heavy atom. The number of hydrogen-bond acceptors (Lipinski definition) is 4. The number of ether oxygens (including phenoxy) is 1. The second-order valence-corrected chi connectivity index (χ2v) is 5.54. The summed E-state index contributed by atoms with van der Waals surface area (Å²) in [6, 6.07) is 8.58. The molecule has 120 valence electrons. The molecule has 1 rings (SSSR count). The Morgan fingerprint density at radius 3 is 2.52 bits per heavy atom. The van der Waals surface area contributed by atoms with Crippen molar-refractivity contribution >= 4 is 0 Å². The molecule has 0 radical (unpaired) electrons. The van der Waals surface area contributed by atoms with E-state index in [4.69, 9.17) is 10.5 Å². The van der Waals surface area contributed by atoms with Gasteiger partial charge in [0.15, 0.2) is 0 Å². The van der Waals surface area contributed by atoms with E-state index in [0.717, 1.165) is 31.8 Å². The molecule has 0 aliphatic heterocycles. The van der Waals surface area contributed by atoms with Crippen LogP contribution in [0.1, 0.15) is 31.9 Å². The lowest BCUT2D eigenvalue weighted by Gasteiger charge is -2.30. The van der Waals surface area contributed by atoms with Crippen LogP contribution in [-0.4, -0.2) is 56.7 Å². The Bertz CT molecular complexity index is 395. The lowest BCUT2D eigenvalue weighted by Crippen LogP contribution is -2.35. The van der Waals surface area contributed by atoms with Crippen molar-refractivity contribution in [2.75, 3.05) is 46.9 Å². The minimum absolute atomic E-state index is 0.262. The fourth-order valence-corrected chi connectivity index (χ4v) is 2.60. The topological polar surface area (TPSA) is 41.7 Å². The summed E-state index contributed by atoms with van der Waals surface area (Å²) in [7, 11) is 4.23. The van der Waals surface area contributed by atoms with Crippen LogP contribution in [0.25, 0.3) is 0 Å². The van der Waals surface area contributed by atoms with Gasteiger partial charge in [0.2, 0.25) is 0 Å². The van der Waals surface area contributed by atoms with Crippen LogP contribution < -0.4 is 10.5 Å². The van der Waals surface area contributed by atoms with Crippen LogP contribution in [0.15, 0.2) is 24.3 Å². The molecular formula is C17H31N3O. The summed E-state index contributed by atoms with van der Waals surface area (Å²) >= 11 is 0. The van der Waals surface area contributed by atoms with Crippen molar-refractivity contribution in [2.24, 2.45) is 5.73 Å². The predicted octanol–water partition coefficient (Wildman–Crippen LogP) is 2.36. The van der Waals surface area contributed by atoms with E-state index in [0.29, 0.717) is 13.2 Å². The largest absolute Gasteiger partial charge is 0.494 e. The molecule has 0 saturated carbocycles. The molecule has 1 aromatic rings. The average molecular weight is 293 g/mol. The quantitative estimate of drug-likeness (QED) is 0.719. The zero-order chi connectivity index (χ0) is 15.7. The lowest BCUT2D eigenvalue weighted by atomic mass is 10.0. The molecule has 2 N–H and O–H groups in total. The lowest BCUT2D eigenvalue weighted by molar-refractivity contribution is 0.201. The Morgan fingerprint density at radius 1 is 1.19 bits per heavy atom. The molecule has 0 aromatic heterocycles. The summed E-state index contributed by atoms with van der Waals surface area (Å²) in [5, 5.41) is 0. The van der Waals surface area contributed by atoms with Gasteiger partial charge < -0.3 is 15.4 Å². The third kappa shape index (κ3) is 6.04. The molecule has 0 heterocycles. The van der Waals surface area contributed by atoms with E-state index in [9.17, 15) is 0 Å². The van der Waals surface area contributed by atoms with Gasteiger partial charge in [-0.05, 0) is 58.2 Å². The number of hydrogen-bond donors (Lipinski definition) is 1. The average Bonchev–Trinajstić information content (AvgIpc) is 2.47. The van der Waals surface area contributed by atoms with Crippen LogP contribution >= 0.6 is 0 Å². The van der Waals surface area contributed by atoms with Gasteiger partial charge in [-0.15, -0.1) is 0 Å². The fraction of sp³-hybridized carbons (Fsp3) is 0.647. The van der Waals surface area contributed by atoms with Crippen LogP contribution in [-0.2, 0) is 0 Å². The summed E-state index contributed by atoms with van der Waals surface area (Å²) < 4.78 is 5.60. The molecule has 4 heteroatoms. The van der Waals surface area contributed by atoms with Gasteiger partial charge in [0, 0.05) is 19.1 Å². The van der Waals surface area contributed by atoms with Crippen molar-refractivity contribution in [2.45, 2.75) is 26.3 Å². The molecule has 0 bridgehead atoms. The van der Waals surface area contributed by atoms with Crippen molar-refractivity contribution in [1.82, 2.24) is 9.80 Å². The van der Waals surface area contributed by atoms with Crippen LogP contribution in [0.5, 0.6) is 5.75 Å². The van der Waals surface area contributed by atoms with E-state index < -0.39 is 0 Å². The first-order chi connectivity index (χ1) is 10.1. The van der Waals surface area contributed by atoms with Gasteiger partial charge in [-0.25, -0.2) is 0 Å². The van der Waals surface area contributed by atoms with E-state index in [1.54, 1.807) is 0 Å². The van der Waals surface area contributed by atoms with E-state index in [1.807, 2.05) is 13.0 Å². The first-order valence-corrected chi connectivity index (χ1v) is 7.93. The van der Waals surface area contributed by atoms with Crippen LogP contribution in [0.2, 0.25) is 0 Å². The molecule has 0 fully saturated rings. The molecule has 0 spiro atoms. The van der Waals surface area contributed by atoms with Crippen molar-refractivity contribution in [3.05, 3.63) is 29.8 Å². The van der Waals surface area contributed by atoms with Gasteiger partial charge in [0.25, 0.3) is 0 Å². The highest BCUT2D eigenvalue weighted by atomic mass is 16.5. The van der Waals surface area contributed by atoms with E-state index >= 15 is 0 Å². The highest BCUT2D eigenvalue weighted by Crippen LogP contribution is 2.23. The summed E-state index contributed by atoms with van der Waals surface area (Å²) in [6.45, 7) is 8.70. The summed E-state index contributed by atoms with van der Waals surface area (Å²) in [5.74, 6) is 0.929. The van der Waals surface area contributed by atoms with Crippen molar-refractivity contribution in [1.29, 1.82) is 0 Å². The molecule has 0 amide bonds. The maximum Gasteiger partial charge on any atom is 0.119 e. The fourth-order valence-electron chi connectivity index (χ4n) is 2.60. The van der Waals surface area contributed by atoms with Crippen molar-refractivity contribution < 1.29 is 4.74 Å². The van der Waals surface area contributed by atoms with Crippen molar-refractivity contribution in [3.63, 3.8) is 0 Å². The molecule has 4 nitrogen and oxygen atoms in total. The standard InChI is InChI=1S/C17H31N3O/c1-5-20(12-8-11-19(3)4)17(14-18)15-9-7-10-16(13-15)21-6-2/h7,9-10,13,17H,5-6,8,11-12,14,18H2,1-4H3. The maximum absolute atomic E-state index is 6.04. The third-order valence-electron chi connectivity index (χ3n) is 3.67. The van der Waals surface area contributed by atoms with Crippen LogP contribution in [0, 0.1) is 0 Å². The number of benzene rings is 1. The molecule has 21 heavy (non-hydrogen) atoms. The summed E-state index contributed by atoms with van der Waals surface area (Å²) in [6.07, 6.45) is 1.16. The normalized spacial score (nSPS) is 12.9. The highest BCUT2D eigenvalue weighted by Gasteiger charge is 2.17. The van der Waals surface area contributed by atoms with Crippen LogP contribution in [0.3, 0.4) is 0 Å². The van der Waals surface area contributed by atoms with Gasteiger partial charge in [-0.3, -0.25) is 4.90 Å². The minimum atomic E-state index is 0.262. The molecule has 1 unspecified atom stereocenters. The molecular weight excluding hydrogens is 262 g/mol. The van der Waals surface area contributed by atoms with Gasteiger partial charge in [0.05, 0.1) is 6.61 Å². The van der Waals surface area contributed by atoms with E-state index in [-0.39, 0.29) is 6.04 Å². The predicted molar refractivity (Wildman–Crippen MR) is 89.8 cm³/mol. The Hall–Kier alpha value is -1.10. The van der Waals surface area contributed by atoms with E-state index in [1.165, 1.54) is 5.56 Å². The van der Waals surface area contributed by atoms with Gasteiger partial charge in [-0.1, -0.05) is 19.1 Å². The van der Waals surface area contributed by atoms with Crippen molar-refractivity contribution in [3.8, 4) is 5.75 Å². The molecule has 0 saturated heterocycles. The minimum Gasteiger partial charge on any atom is -0.494 e. The second kappa shape index (κ2) is 9.77. The molecule has 1 aromatic carbocycles. The molecule has 1 atom stereocenters. The molecule has 0 aliphatic carbocycles. The monoisotopic (exact) mass is 293 g/mol. The van der Waals surface area contributed by atoms with E-state index in [2.05, 4.69) is 49.0 Å². The van der Waals surface area contributed by atoms with Gasteiger partial charge in [-0.2, -0.15) is 0 Å². The Labute approximate surface area is 129 Å². The maximum atomic E-state index is 6.04. The number of nitrogens with two attached hydrogens (primary N) is 1. The van der Waals surface area contributed by atoms with Gasteiger partial charge >= 0.3 is 0 Å². The first kappa shape index (κ1) is 18.0. The third-order valence-corrected chi connectivity index (χ3v) is 3.67. The Kier molecular flexibility index (Phi) is 8.35. The highest BCUT2D eigenvalue weighted by molar-refractivity contribution is 5.31. The zero-order valence-corrected chi connectivity index (χ0v) is 14.0. The second-order valence-electron chi connectivity index (χ2n) is 5.54. The summed E-state index contributed by atoms with van der Waals surface area (Å²) in [4.78, 5) is 4.68.